The van der Waals surface area contributed by atoms with Crippen molar-refractivity contribution in [3.8, 4) is 11.1 Å². The van der Waals surface area contributed by atoms with Crippen molar-refractivity contribution in [3.63, 3.8) is 0 Å². The van der Waals surface area contributed by atoms with E-state index in [0.717, 1.165) is 28.8 Å². The Kier molecular flexibility index (Phi) is 10.0. The predicted molar refractivity (Wildman–Crippen MR) is 170 cm³/mol. The van der Waals surface area contributed by atoms with Gasteiger partial charge in [0.2, 0.25) is 0 Å². The molecule has 1 amide bonds. The maximum Gasteiger partial charge on any atom is 0.416 e. The van der Waals surface area contributed by atoms with Gasteiger partial charge >= 0.3 is 12.1 Å². The third-order valence-electron chi connectivity index (χ3n) is 8.71. The smallest absolute Gasteiger partial charge is 0.416 e. The number of unbranched alkanes of at least 4 members (excludes halogenated alkanes) is 1. The molecule has 0 saturated carbocycles. The molecule has 0 aromatic heterocycles. The monoisotopic (exact) mass is 627 g/mol. The Morgan fingerprint density at radius 1 is 0.848 bits per heavy atom. The number of rotatable bonds is 11. The van der Waals surface area contributed by atoms with Crippen molar-refractivity contribution in [3.05, 3.63) is 131 Å². The molecule has 0 saturated heterocycles. The summed E-state index contributed by atoms with van der Waals surface area (Å²) < 4.78 is 44.6. The molecule has 2 atom stereocenters. The summed E-state index contributed by atoms with van der Waals surface area (Å²) in [4.78, 5) is 40.1. The van der Waals surface area contributed by atoms with Crippen LogP contribution >= 0.6 is 0 Å². The van der Waals surface area contributed by atoms with E-state index >= 15 is 0 Å². The van der Waals surface area contributed by atoms with Crippen LogP contribution in [0, 0.1) is 0 Å². The SMILES string of the molecule is CCOC(=O)[C@]1(c2ccccc2)CC[C@H](C(=O)CCCCNC(=O)c2ccccc2-c2ccc(C(F)(F)F)cc2)c2ccccc21. The number of alkyl halides is 3. The van der Waals surface area contributed by atoms with Gasteiger partial charge in [-0.15, -0.1) is 0 Å². The van der Waals surface area contributed by atoms with E-state index < -0.39 is 17.2 Å². The third kappa shape index (κ3) is 6.76. The number of ether oxygens (including phenoxy) is 1. The molecule has 5 nitrogen and oxygen atoms in total. The Morgan fingerprint density at radius 3 is 2.24 bits per heavy atom. The number of hydrogen-bond donors (Lipinski definition) is 1. The highest BCUT2D eigenvalue weighted by Gasteiger charge is 2.49. The number of fused-ring (bicyclic) bond motifs is 1. The molecule has 5 rings (SSSR count). The fourth-order valence-corrected chi connectivity index (χ4v) is 6.45. The molecule has 0 aliphatic heterocycles. The van der Waals surface area contributed by atoms with E-state index in [4.69, 9.17) is 4.74 Å². The van der Waals surface area contributed by atoms with Gasteiger partial charge in [-0.1, -0.05) is 84.9 Å². The Bertz CT molecular complexity index is 1680. The average molecular weight is 628 g/mol. The lowest BCUT2D eigenvalue weighted by Crippen LogP contribution is -2.43. The van der Waals surface area contributed by atoms with E-state index in [9.17, 15) is 27.6 Å². The number of amides is 1. The molecular weight excluding hydrogens is 591 g/mol. The van der Waals surface area contributed by atoms with E-state index in [1.165, 1.54) is 12.1 Å². The van der Waals surface area contributed by atoms with Crippen molar-refractivity contribution in [2.75, 3.05) is 13.2 Å². The van der Waals surface area contributed by atoms with Gasteiger partial charge in [-0.3, -0.25) is 14.4 Å². The predicted octanol–water partition coefficient (Wildman–Crippen LogP) is 8.27. The van der Waals surface area contributed by atoms with E-state index in [0.29, 0.717) is 55.3 Å². The molecule has 1 aliphatic rings. The zero-order chi connectivity index (χ0) is 32.7. The first-order valence-electron chi connectivity index (χ1n) is 15.6. The fraction of sp³-hybridized carbons (Fsp3) is 0.289. The number of Topliss-reactive ketones (excluding diaryl/α,β-unsaturated/α-hetero) is 1. The second-order valence-corrected chi connectivity index (χ2v) is 11.5. The minimum atomic E-state index is -4.44. The number of carbonyl (C=O) groups is 3. The highest BCUT2D eigenvalue weighted by molar-refractivity contribution is 6.01. The van der Waals surface area contributed by atoms with Crippen LogP contribution in [0.5, 0.6) is 0 Å². The number of halogens is 3. The average Bonchev–Trinajstić information content (AvgIpc) is 3.07. The van der Waals surface area contributed by atoms with Crippen molar-refractivity contribution in [2.24, 2.45) is 0 Å². The van der Waals surface area contributed by atoms with Crippen LogP contribution in [-0.4, -0.2) is 30.8 Å². The normalized spacial score (nSPS) is 17.5. The third-order valence-corrected chi connectivity index (χ3v) is 8.71. The Labute approximate surface area is 266 Å². The zero-order valence-corrected chi connectivity index (χ0v) is 25.6. The molecule has 1 aliphatic carbocycles. The molecule has 0 fully saturated rings. The number of benzene rings is 4. The summed E-state index contributed by atoms with van der Waals surface area (Å²) in [6.07, 6.45) is -1.99. The van der Waals surface area contributed by atoms with Crippen LogP contribution in [0.4, 0.5) is 13.2 Å². The first kappa shape index (κ1) is 32.7. The number of ketones is 1. The molecule has 4 aromatic rings. The molecule has 1 N–H and O–H groups in total. The van der Waals surface area contributed by atoms with Crippen LogP contribution in [0.15, 0.2) is 103 Å². The van der Waals surface area contributed by atoms with Crippen LogP contribution in [-0.2, 0) is 25.9 Å². The van der Waals surface area contributed by atoms with Crippen molar-refractivity contribution in [1.29, 1.82) is 0 Å². The Balaban J connectivity index is 1.21. The summed E-state index contributed by atoms with van der Waals surface area (Å²) in [7, 11) is 0. The van der Waals surface area contributed by atoms with Crippen LogP contribution in [0.1, 0.15) is 77.6 Å². The fourth-order valence-electron chi connectivity index (χ4n) is 6.45. The lowest BCUT2D eigenvalue weighted by molar-refractivity contribution is -0.149. The maximum atomic E-state index is 13.5. The molecule has 0 spiro atoms. The molecule has 0 unspecified atom stereocenters. The minimum Gasteiger partial charge on any atom is -0.465 e. The van der Waals surface area contributed by atoms with Gasteiger partial charge in [0.1, 0.15) is 11.2 Å². The molecule has 0 heterocycles. The lowest BCUT2D eigenvalue weighted by Gasteiger charge is -2.40. The van der Waals surface area contributed by atoms with Gasteiger partial charge in [0, 0.05) is 24.4 Å². The second-order valence-electron chi connectivity index (χ2n) is 11.5. The Hall–Kier alpha value is -4.72. The van der Waals surface area contributed by atoms with Crippen LogP contribution in [0.2, 0.25) is 0 Å². The highest BCUT2D eigenvalue weighted by atomic mass is 19.4. The maximum absolute atomic E-state index is 13.5. The van der Waals surface area contributed by atoms with E-state index in [1.54, 1.807) is 31.2 Å². The van der Waals surface area contributed by atoms with Crippen molar-refractivity contribution >= 4 is 17.7 Å². The summed E-state index contributed by atoms with van der Waals surface area (Å²) in [5.74, 6) is -0.890. The molecule has 8 heteroatoms. The summed E-state index contributed by atoms with van der Waals surface area (Å²) in [5, 5.41) is 2.89. The van der Waals surface area contributed by atoms with Gasteiger partial charge in [-0.25, -0.2) is 0 Å². The lowest BCUT2D eigenvalue weighted by atomic mass is 9.62. The molecule has 4 aromatic carbocycles. The molecule has 0 radical (unpaired) electrons. The van der Waals surface area contributed by atoms with E-state index in [2.05, 4.69) is 5.32 Å². The van der Waals surface area contributed by atoms with Gasteiger partial charge in [0.25, 0.3) is 5.91 Å². The zero-order valence-electron chi connectivity index (χ0n) is 25.6. The van der Waals surface area contributed by atoms with E-state index in [-0.39, 0.29) is 30.2 Å². The minimum absolute atomic E-state index is 0.0944. The first-order chi connectivity index (χ1) is 22.2. The van der Waals surface area contributed by atoms with Gasteiger partial charge in [-0.05, 0) is 78.6 Å². The summed E-state index contributed by atoms with van der Waals surface area (Å²) >= 11 is 0. The summed E-state index contributed by atoms with van der Waals surface area (Å²) in [5.41, 5.74) is 2.19. The molecule has 238 valence electrons. The summed E-state index contributed by atoms with van der Waals surface area (Å²) in [6, 6.07) is 28.7. The van der Waals surface area contributed by atoms with Crippen LogP contribution < -0.4 is 5.32 Å². The topological polar surface area (TPSA) is 72.5 Å². The van der Waals surface area contributed by atoms with Crippen LogP contribution in [0.3, 0.4) is 0 Å². The largest absolute Gasteiger partial charge is 0.465 e. The van der Waals surface area contributed by atoms with Crippen molar-refractivity contribution in [1.82, 2.24) is 5.32 Å². The van der Waals surface area contributed by atoms with Gasteiger partial charge in [-0.2, -0.15) is 13.2 Å². The standard InChI is InChI=1S/C38H36F3NO4/c1-2-46-36(45)37(27-12-4-3-5-13-27)24-23-31(30-15-8-9-17-33(30)37)34(43)18-10-11-25-42-35(44)32-16-7-6-14-29(32)26-19-21-28(22-20-26)38(39,40)41/h3-9,12-17,19-22,31H,2,10-11,18,23-25H2,1H3,(H,42,44)/t31-,37-/m0/s1. The van der Waals surface area contributed by atoms with Crippen molar-refractivity contribution < 1.29 is 32.3 Å². The Morgan fingerprint density at radius 2 is 1.52 bits per heavy atom. The highest BCUT2D eigenvalue weighted by Crippen LogP contribution is 2.48. The van der Waals surface area contributed by atoms with Crippen LogP contribution in [0.25, 0.3) is 11.1 Å². The first-order valence-corrected chi connectivity index (χ1v) is 15.6. The second kappa shape index (κ2) is 14.1. The number of nitrogens with one attached hydrogen (secondary N) is 1. The van der Waals surface area contributed by atoms with Gasteiger partial charge in [0.15, 0.2) is 0 Å². The molecule has 0 bridgehead atoms. The molecule has 46 heavy (non-hydrogen) atoms. The quantitative estimate of drug-likeness (QED) is 0.134. The van der Waals surface area contributed by atoms with Gasteiger partial charge < -0.3 is 10.1 Å². The molecular formula is C38H36F3NO4. The summed E-state index contributed by atoms with van der Waals surface area (Å²) in [6.45, 7) is 2.39. The number of carbonyl (C=O) groups excluding carboxylic acids is 3. The number of esters is 1. The van der Waals surface area contributed by atoms with Gasteiger partial charge in [0.05, 0.1) is 12.2 Å². The van der Waals surface area contributed by atoms with E-state index in [1.807, 2.05) is 54.6 Å². The number of hydrogen-bond acceptors (Lipinski definition) is 4. The van der Waals surface area contributed by atoms with Crippen molar-refractivity contribution in [2.45, 2.75) is 56.5 Å².